The van der Waals surface area contributed by atoms with Gasteiger partial charge in [0, 0.05) is 23.6 Å². The summed E-state index contributed by atoms with van der Waals surface area (Å²) in [5.41, 5.74) is 5.34. The Kier molecular flexibility index (Phi) is 6.15. The normalized spacial score (nSPS) is 10.2. The molecule has 134 valence electrons. The van der Waals surface area contributed by atoms with Gasteiger partial charge >= 0.3 is 5.97 Å². The van der Waals surface area contributed by atoms with E-state index in [4.69, 9.17) is 10.5 Å². The van der Waals surface area contributed by atoms with E-state index >= 15 is 0 Å². The van der Waals surface area contributed by atoms with E-state index in [1.807, 2.05) is 0 Å². The average Bonchev–Trinajstić information content (AvgIpc) is 2.64. The Morgan fingerprint density at radius 2 is 1.69 bits per heavy atom. The molecule has 8 nitrogen and oxygen atoms in total. The maximum atomic E-state index is 11.9. The second kappa shape index (κ2) is 8.52. The van der Waals surface area contributed by atoms with Gasteiger partial charge in [-0.05, 0) is 12.1 Å². The molecule has 0 radical (unpaired) electrons. The summed E-state index contributed by atoms with van der Waals surface area (Å²) in [6.07, 6.45) is -0.160. The van der Waals surface area contributed by atoms with E-state index in [1.54, 1.807) is 30.3 Å². The molecular formula is C18H16N2O6. The molecule has 0 heterocycles. The molecular weight excluding hydrogens is 340 g/mol. The third-order valence-electron chi connectivity index (χ3n) is 3.61. The van der Waals surface area contributed by atoms with Gasteiger partial charge in [0.25, 0.3) is 5.69 Å². The number of rotatable bonds is 8. The number of nitro benzene ring substituents is 1. The first-order valence-electron chi connectivity index (χ1n) is 7.69. The second-order valence-electron chi connectivity index (χ2n) is 5.41. The zero-order valence-corrected chi connectivity index (χ0v) is 13.7. The molecule has 0 fully saturated rings. The number of amides is 1. The van der Waals surface area contributed by atoms with Crippen LogP contribution < -0.4 is 5.73 Å². The van der Waals surface area contributed by atoms with Gasteiger partial charge in [0.2, 0.25) is 5.91 Å². The largest absolute Gasteiger partial charge is 0.461 e. The van der Waals surface area contributed by atoms with Gasteiger partial charge in [-0.1, -0.05) is 30.3 Å². The molecule has 0 atom stereocenters. The fraction of sp³-hybridized carbons (Fsp3) is 0.167. The van der Waals surface area contributed by atoms with Crippen molar-refractivity contribution >= 4 is 23.3 Å². The van der Waals surface area contributed by atoms with Gasteiger partial charge in [0.15, 0.2) is 5.78 Å². The lowest BCUT2D eigenvalue weighted by molar-refractivity contribution is -0.385. The lowest BCUT2D eigenvalue weighted by Gasteiger charge is -2.07. The first-order chi connectivity index (χ1) is 12.4. The van der Waals surface area contributed by atoms with Crippen LogP contribution in [-0.2, 0) is 16.1 Å². The van der Waals surface area contributed by atoms with Crippen molar-refractivity contribution < 1.29 is 24.0 Å². The predicted octanol–water partition coefficient (Wildman–Crippen LogP) is 2.40. The van der Waals surface area contributed by atoms with Crippen LogP contribution >= 0.6 is 0 Å². The highest BCUT2D eigenvalue weighted by Crippen LogP contribution is 2.21. The summed E-state index contributed by atoms with van der Waals surface area (Å²) >= 11 is 0. The van der Waals surface area contributed by atoms with Crippen LogP contribution in [0.4, 0.5) is 5.69 Å². The number of hydrogen-bond acceptors (Lipinski definition) is 6. The van der Waals surface area contributed by atoms with Crippen molar-refractivity contribution in [3.05, 3.63) is 75.3 Å². The number of ether oxygens (including phenoxy) is 1. The fourth-order valence-electron chi connectivity index (χ4n) is 2.22. The lowest BCUT2D eigenvalue weighted by atomic mass is 10.1. The van der Waals surface area contributed by atoms with Gasteiger partial charge in [0.1, 0.15) is 6.61 Å². The number of nitrogens with zero attached hydrogens (tertiary/aromatic N) is 1. The van der Waals surface area contributed by atoms with Crippen molar-refractivity contribution in [2.75, 3.05) is 0 Å². The van der Waals surface area contributed by atoms with Gasteiger partial charge < -0.3 is 10.5 Å². The zero-order valence-electron chi connectivity index (χ0n) is 13.7. The standard InChI is InChI=1S/C18H16N2O6/c19-18(23)13-6-7-14(15(10-13)20(24)25)11-26-17(22)9-8-16(21)12-4-2-1-3-5-12/h1-7,10H,8-9,11H2,(H2,19,23). The molecule has 2 aromatic carbocycles. The van der Waals surface area contributed by atoms with Gasteiger partial charge in [0.05, 0.1) is 16.9 Å². The van der Waals surface area contributed by atoms with E-state index in [0.717, 1.165) is 6.07 Å². The van der Waals surface area contributed by atoms with E-state index in [2.05, 4.69) is 0 Å². The molecule has 0 aromatic heterocycles. The number of primary amides is 1. The molecule has 0 spiro atoms. The SMILES string of the molecule is NC(=O)c1ccc(COC(=O)CCC(=O)c2ccccc2)c([N+](=O)[O-])c1. The van der Waals surface area contributed by atoms with Gasteiger partial charge in [-0.3, -0.25) is 24.5 Å². The third-order valence-corrected chi connectivity index (χ3v) is 3.61. The Hall–Kier alpha value is -3.55. The molecule has 0 aliphatic carbocycles. The molecule has 0 unspecified atom stereocenters. The molecule has 0 saturated carbocycles. The fourth-order valence-corrected chi connectivity index (χ4v) is 2.22. The van der Waals surface area contributed by atoms with E-state index < -0.39 is 16.8 Å². The minimum absolute atomic E-state index is 0.0137. The molecule has 0 aliphatic rings. The number of hydrogen-bond donors (Lipinski definition) is 1. The highest BCUT2D eigenvalue weighted by Gasteiger charge is 2.18. The molecule has 2 N–H and O–H groups in total. The van der Waals surface area contributed by atoms with Gasteiger partial charge in [-0.25, -0.2) is 0 Å². The monoisotopic (exact) mass is 356 g/mol. The molecule has 2 rings (SSSR count). The Morgan fingerprint density at radius 3 is 2.31 bits per heavy atom. The van der Waals surface area contributed by atoms with Crippen molar-refractivity contribution in [2.24, 2.45) is 5.73 Å². The second-order valence-corrected chi connectivity index (χ2v) is 5.41. The molecule has 8 heteroatoms. The molecule has 1 amide bonds. The minimum Gasteiger partial charge on any atom is -0.461 e. The number of Topliss-reactive ketones (excluding diaryl/α,β-unsaturated/α-hetero) is 1. The Labute approximate surface area is 148 Å². The number of nitro groups is 1. The van der Waals surface area contributed by atoms with Crippen molar-refractivity contribution in [2.45, 2.75) is 19.4 Å². The van der Waals surface area contributed by atoms with Crippen LogP contribution in [-0.4, -0.2) is 22.6 Å². The highest BCUT2D eigenvalue weighted by molar-refractivity contribution is 5.97. The van der Waals surface area contributed by atoms with E-state index in [1.165, 1.54) is 12.1 Å². The van der Waals surface area contributed by atoms with E-state index in [9.17, 15) is 24.5 Å². The maximum absolute atomic E-state index is 11.9. The van der Waals surface area contributed by atoms with Crippen LogP contribution in [0.5, 0.6) is 0 Å². The van der Waals surface area contributed by atoms with Crippen LogP contribution in [0, 0.1) is 10.1 Å². The molecule has 0 aliphatic heterocycles. The smallest absolute Gasteiger partial charge is 0.306 e. The Bertz CT molecular complexity index is 848. The van der Waals surface area contributed by atoms with Gasteiger partial charge in [-0.15, -0.1) is 0 Å². The quantitative estimate of drug-likeness (QED) is 0.334. The van der Waals surface area contributed by atoms with Crippen LogP contribution in [0.3, 0.4) is 0 Å². The summed E-state index contributed by atoms with van der Waals surface area (Å²) in [5.74, 6) is -1.64. The van der Waals surface area contributed by atoms with E-state index in [0.29, 0.717) is 5.56 Å². The summed E-state index contributed by atoms with van der Waals surface area (Å²) in [4.78, 5) is 45.2. The van der Waals surface area contributed by atoms with E-state index in [-0.39, 0.29) is 42.0 Å². The highest BCUT2D eigenvalue weighted by atomic mass is 16.6. The first-order valence-corrected chi connectivity index (χ1v) is 7.69. The number of ketones is 1. The first kappa shape index (κ1) is 18.8. The zero-order chi connectivity index (χ0) is 19.1. The number of carbonyl (C=O) groups excluding carboxylic acids is 3. The molecule has 0 saturated heterocycles. The number of benzene rings is 2. The summed E-state index contributed by atoms with van der Waals surface area (Å²) in [7, 11) is 0. The topological polar surface area (TPSA) is 130 Å². The summed E-state index contributed by atoms with van der Waals surface area (Å²) in [6.45, 7) is -0.340. The minimum atomic E-state index is -0.795. The molecule has 0 bridgehead atoms. The van der Waals surface area contributed by atoms with Crippen molar-refractivity contribution in [3.8, 4) is 0 Å². The Morgan fingerprint density at radius 1 is 1.00 bits per heavy atom. The van der Waals surface area contributed by atoms with Crippen molar-refractivity contribution in [1.82, 2.24) is 0 Å². The van der Waals surface area contributed by atoms with Crippen LogP contribution in [0.15, 0.2) is 48.5 Å². The number of esters is 1. The number of nitrogens with two attached hydrogens (primary N) is 1. The molecule has 2 aromatic rings. The average molecular weight is 356 g/mol. The summed E-state index contributed by atoms with van der Waals surface area (Å²) < 4.78 is 4.99. The van der Waals surface area contributed by atoms with Crippen molar-refractivity contribution in [3.63, 3.8) is 0 Å². The van der Waals surface area contributed by atoms with Crippen molar-refractivity contribution in [1.29, 1.82) is 0 Å². The number of carbonyl (C=O) groups is 3. The molecule has 26 heavy (non-hydrogen) atoms. The third kappa shape index (κ3) is 4.97. The summed E-state index contributed by atoms with van der Waals surface area (Å²) in [5, 5.41) is 11.1. The van der Waals surface area contributed by atoms with Gasteiger partial charge in [-0.2, -0.15) is 0 Å². The van der Waals surface area contributed by atoms with Crippen LogP contribution in [0.1, 0.15) is 39.1 Å². The summed E-state index contributed by atoms with van der Waals surface area (Å²) in [6, 6.07) is 12.2. The maximum Gasteiger partial charge on any atom is 0.306 e. The van der Waals surface area contributed by atoms with Crippen LogP contribution in [0.25, 0.3) is 0 Å². The Balaban J connectivity index is 1.94. The van der Waals surface area contributed by atoms with Crippen LogP contribution in [0.2, 0.25) is 0 Å². The predicted molar refractivity (Wildman–Crippen MR) is 91.4 cm³/mol. The lowest BCUT2D eigenvalue weighted by Crippen LogP contribution is -2.12.